The molecule has 0 saturated heterocycles. The predicted octanol–water partition coefficient (Wildman–Crippen LogP) is -3.06. The molecule has 0 aliphatic rings. The molecule has 0 spiro atoms. The molecule has 7 nitrogen and oxygen atoms in total. The second-order valence-electron chi connectivity index (χ2n) is 2.88. The highest BCUT2D eigenvalue weighted by Gasteiger charge is 2.07. The molecule has 84 valence electrons. The highest BCUT2D eigenvalue weighted by molar-refractivity contribution is 7.88. The van der Waals surface area contributed by atoms with E-state index >= 15 is 0 Å². The van der Waals surface area contributed by atoms with Crippen molar-refractivity contribution in [3.63, 3.8) is 0 Å². The summed E-state index contributed by atoms with van der Waals surface area (Å²) in [5.74, 6) is -0.589. The summed E-state index contributed by atoms with van der Waals surface area (Å²) in [4.78, 5) is 10.5. The van der Waals surface area contributed by atoms with Gasteiger partial charge in [-0.05, 0) is 0 Å². The zero-order valence-corrected chi connectivity index (χ0v) is 8.80. The van der Waals surface area contributed by atoms with E-state index in [4.69, 9.17) is 11.5 Å². The van der Waals surface area contributed by atoms with E-state index in [0.29, 0.717) is 6.54 Å². The molecule has 0 fully saturated rings. The lowest BCUT2D eigenvalue weighted by molar-refractivity contribution is -0.119. The summed E-state index contributed by atoms with van der Waals surface area (Å²) in [6.45, 7) is 0.888. The molecule has 0 heterocycles. The van der Waals surface area contributed by atoms with Crippen molar-refractivity contribution in [3.05, 3.63) is 0 Å². The van der Waals surface area contributed by atoms with Gasteiger partial charge in [-0.2, -0.15) is 0 Å². The standard InChI is InChI=1S/C6H16N4O3S/c1-14(12,13)10-3-2-9-4-5(7)6(8)11/h5,9-10H,2-4,7H2,1H3,(H2,8,11). The van der Waals surface area contributed by atoms with Crippen LogP contribution in [-0.4, -0.2) is 46.3 Å². The van der Waals surface area contributed by atoms with Gasteiger partial charge >= 0.3 is 0 Å². The first-order chi connectivity index (χ1) is 6.33. The second-order valence-corrected chi connectivity index (χ2v) is 4.71. The van der Waals surface area contributed by atoms with Gasteiger partial charge in [-0.25, -0.2) is 13.1 Å². The Kier molecular flexibility index (Phi) is 5.62. The van der Waals surface area contributed by atoms with Gasteiger partial charge < -0.3 is 16.8 Å². The number of nitrogens with one attached hydrogen (secondary N) is 2. The van der Waals surface area contributed by atoms with Crippen LogP contribution < -0.4 is 21.5 Å². The minimum Gasteiger partial charge on any atom is -0.368 e. The number of amides is 1. The van der Waals surface area contributed by atoms with E-state index in [2.05, 4.69) is 10.0 Å². The van der Waals surface area contributed by atoms with E-state index in [0.717, 1.165) is 6.26 Å². The van der Waals surface area contributed by atoms with Gasteiger partial charge in [0.1, 0.15) is 0 Å². The minimum absolute atomic E-state index is 0.237. The zero-order valence-electron chi connectivity index (χ0n) is 7.99. The van der Waals surface area contributed by atoms with Crippen molar-refractivity contribution >= 4 is 15.9 Å². The van der Waals surface area contributed by atoms with Crippen molar-refractivity contribution in [1.29, 1.82) is 0 Å². The molecule has 1 amide bonds. The van der Waals surface area contributed by atoms with Gasteiger partial charge in [0.25, 0.3) is 0 Å². The van der Waals surface area contributed by atoms with Crippen LogP contribution in [0.25, 0.3) is 0 Å². The van der Waals surface area contributed by atoms with E-state index in [-0.39, 0.29) is 13.1 Å². The highest BCUT2D eigenvalue weighted by atomic mass is 32.2. The Bertz CT molecular complexity index is 277. The monoisotopic (exact) mass is 224 g/mol. The molecule has 8 heteroatoms. The third-order valence-electron chi connectivity index (χ3n) is 1.40. The van der Waals surface area contributed by atoms with Crippen molar-refractivity contribution in [2.75, 3.05) is 25.9 Å². The molecule has 1 unspecified atom stereocenters. The summed E-state index contributed by atoms with van der Waals surface area (Å²) in [6, 6.07) is -0.742. The average Bonchev–Trinajstić information content (AvgIpc) is 2.01. The summed E-state index contributed by atoms with van der Waals surface area (Å²) < 4.78 is 23.5. The topological polar surface area (TPSA) is 127 Å². The number of rotatable bonds is 7. The van der Waals surface area contributed by atoms with Crippen LogP contribution in [0, 0.1) is 0 Å². The van der Waals surface area contributed by atoms with Crippen LogP contribution in [0.15, 0.2) is 0 Å². The van der Waals surface area contributed by atoms with Crippen LogP contribution in [0.4, 0.5) is 0 Å². The lowest BCUT2D eigenvalue weighted by atomic mass is 10.3. The molecular weight excluding hydrogens is 208 g/mol. The average molecular weight is 224 g/mol. The molecule has 0 aromatic heterocycles. The molecule has 1 atom stereocenters. The first-order valence-electron chi connectivity index (χ1n) is 4.03. The molecule has 0 aliphatic carbocycles. The van der Waals surface area contributed by atoms with Gasteiger partial charge in [0.05, 0.1) is 12.3 Å². The number of nitrogens with two attached hydrogens (primary N) is 2. The smallest absolute Gasteiger partial charge is 0.235 e. The maximum absolute atomic E-state index is 10.6. The van der Waals surface area contributed by atoms with Crippen molar-refractivity contribution in [3.8, 4) is 0 Å². The number of carbonyl (C=O) groups excluding carboxylic acids is 1. The SMILES string of the molecule is CS(=O)(=O)NCCNCC(N)C(N)=O. The highest BCUT2D eigenvalue weighted by Crippen LogP contribution is 1.74. The van der Waals surface area contributed by atoms with Gasteiger partial charge in [0, 0.05) is 19.6 Å². The van der Waals surface area contributed by atoms with Gasteiger partial charge in [0.2, 0.25) is 15.9 Å². The minimum atomic E-state index is -3.15. The van der Waals surface area contributed by atoms with E-state index in [9.17, 15) is 13.2 Å². The van der Waals surface area contributed by atoms with Crippen molar-refractivity contribution < 1.29 is 13.2 Å². The number of hydrogen-bond acceptors (Lipinski definition) is 5. The fraction of sp³-hybridized carbons (Fsp3) is 0.833. The van der Waals surface area contributed by atoms with E-state index in [1.54, 1.807) is 0 Å². The summed E-state index contributed by atoms with van der Waals surface area (Å²) >= 11 is 0. The summed E-state index contributed by atoms with van der Waals surface area (Å²) in [7, 11) is -3.15. The predicted molar refractivity (Wildman–Crippen MR) is 52.9 cm³/mol. The quantitative estimate of drug-likeness (QED) is 0.341. The normalized spacial score (nSPS) is 13.9. The number of hydrogen-bond donors (Lipinski definition) is 4. The van der Waals surface area contributed by atoms with E-state index in [1.807, 2.05) is 0 Å². The van der Waals surface area contributed by atoms with Crippen LogP contribution >= 0.6 is 0 Å². The van der Waals surface area contributed by atoms with Crippen LogP contribution in [-0.2, 0) is 14.8 Å². The summed E-state index contributed by atoms with van der Waals surface area (Å²) in [6.07, 6.45) is 1.07. The van der Waals surface area contributed by atoms with Crippen LogP contribution in [0.5, 0.6) is 0 Å². The van der Waals surface area contributed by atoms with Crippen molar-refractivity contribution in [1.82, 2.24) is 10.0 Å². The third-order valence-corrected chi connectivity index (χ3v) is 2.12. The zero-order chi connectivity index (χ0) is 11.2. The maximum Gasteiger partial charge on any atom is 0.235 e. The Morgan fingerprint density at radius 1 is 1.43 bits per heavy atom. The molecule has 0 rings (SSSR count). The molecular formula is C6H16N4O3S. The first-order valence-corrected chi connectivity index (χ1v) is 5.92. The number of primary amides is 1. The van der Waals surface area contributed by atoms with Crippen LogP contribution in [0.3, 0.4) is 0 Å². The molecule has 14 heavy (non-hydrogen) atoms. The lowest BCUT2D eigenvalue weighted by Crippen LogP contribution is -2.45. The van der Waals surface area contributed by atoms with Crippen molar-refractivity contribution in [2.45, 2.75) is 6.04 Å². The molecule has 0 bridgehead atoms. The fourth-order valence-corrected chi connectivity index (χ4v) is 1.16. The number of carbonyl (C=O) groups is 1. The number of sulfonamides is 1. The largest absolute Gasteiger partial charge is 0.368 e. The summed E-state index contributed by atoms with van der Waals surface area (Å²) in [5, 5.41) is 2.79. The molecule has 0 aromatic carbocycles. The van der Waals surface area contributed by atoms with Gasteiger partial charge in [-0.15, -0.1) is 0 Å². The fourth-order valence-electron chi connectivity index (χ4n) is 0.683. The van der Waals surface area contributed by atoms with Crippen LogP contribution in [0.1, 0.15) is 0 Å². The van der Waals surface area contributed by atoms with Gasteiger partial charge in [0.15, 0.2) is 0 Å². The maximum atomic E-state index is 10.6. The molecule has 0 aromatic rings. The third kappa shape index (κ3) is 7.92. The lowest BCUT2D eigenvalue weighted by Gasteiger charge is -2.08. The molecule has 0 aliphatic heterocycles. The Morgan fingerprint density at radius 2 is 2.00 bits per heavy atom. The Morgan fingerprint density at radius 3 is 2.43 bits per heavy atom. The Hall–Kier alpha value is -0.700. The first kappa shape index (κ1) is 13.3. The molecule has 6 N–H and O–H groups in total. The van der Waals surface area contributed by atoms with Gasteiger partial charge in [-0.1, -0.05) is 0 Å². The second kappa shape index (κ2) is 5.91. The summed E-state index contributed by atoms with van der Waals surface area (Å²) in [5.41, 5.74) is 10.2. The molecule has 0 saturated carbocycles. The van der Waals surface area contributed by atoms with E-state index in [1.165, 1.54) is 0 Å². The Balaban J connectivity index is 3.44. The van der Waals surface area contributed by atoms with E-state index < -0.39 is 22.0 Å². The van der Waals surface area contributed by atoms with Crippen molar-refractivity contribution in [2.24, 2.45) is 11.5 Å². The Labute approximate surface area is 83.3 Å². The molecule has 0 radical (unpaired) electrons. The van der Waals surface area contributed by atoms with Crippen LogP contribution in [0.2, 0.25) is 0 Å². The van der Waals surface area contributed by atoms with Gasteiger partial charge in [-0.3, -0.25) is 4.79 Å².